The summed E-state index contributed by atoms with van der Waals surface area (Å²) in [7, 11) is -1.13. The van der Waals surface area contributed by atoms with Crippen molar-refractivity contribution in [3.05, 3.63) is 70.6 Å². The van der Waals surface area contributed by atoms with E-state index in [1.807, 2.05) is 0 Å². The van der Waals surface area contributed by atoms with Crippen LogP contribution in [0.15, 0.2) is 58.4 Å². The van der Waals surface area contributed by atoms with E-state index in [0.717, 1.165) is 16.8 Å². The van der Waals surface area contributed by atoms with Gasteiger partial charge in [0.05, 0.1) is 16.8 Å². The highest BCUT2D eigenvalue weighted by molar-refractivity contribution is 7.89. The van der Waals surface area contributed by atoms with Crippen LogP contribution >= 0.6 is 0 Å². The molecule has 0 aliphatic heterocycles. The van der Waals surface area contributed by atoms with Crippen LogP contribution in [0, 0.1) is 11.6 Å². The van der Waals surface area contributed by atoms with Gasteiger partial charge >= 0.3 is 5.56 Å². The fourth-order valence-electron chi connectivity index (χ4n) is 2.81. The van der Waals surface area contributed by atoms with E-state index in [0.29, 0.717) is 5.56 Å². The number of hydrogen-bond donors (Lipinski definition) is 1. The zero-order valence-corrected chi connectivity index (χ0v) is 18.7. The topological polar surface area (TPSA) is 123 Å². The molecule has 176 valence electrons. The second-order valence-corrected chi connectivity index (χ2v) is 8.66. The van der Waals surface area contributed by atoms with Crippen LogP contribution < -0.4 is 15.4 Å². The zero-order valence-electron chi connectivity index (χ0n) is 17.9. The number of ether oxygens (including phenoxy) is 3. The second kappa shape index (κ2) is 9.35. The summed E-state index contributed by atoms with van der Waals surface area (Å²) in [5, 5.41) is 9.17. The molecule has 0 aliphatic rings. The third-order valence-electron chi connectivity index (χ3n) is 4.92. The van der Waals surface area contributed by atoms with Gasteiger partial charge in [-0.3, -0.25) is 4.79 Å². The van der Waals surface area contributed by atoms with Crippen LogP contribution in [0.4, 0.5) is 8.78 Å². The lowest BCUT2D eigenvalue weighted by Gasteiger charge is -2.26. The Bertz CT molecular complexity index is 1320. The molecule has 0 saturated carbocycles. The minimum absolute atomic E-state index is 0.0267. The molecule has 0 fully saturated rings. The average Bonchev–Trinajstić information content (AvgIpc) is 2.79. The van der Waals surface area contributed by atoms with Crippen molar-refractivity contribution < 1.29 is 31.4 Å². The Morgan fingerprint density at radius 1 is 1.06 bits per heavy atom. The first kappa shape index (κ1) is 24.5. The van der Waals surface area contributed by atoms with Gasteiger partial charge in [0.2, 0.25) is 10.0 Å². The van der Waals surface area contributed by atoms with E-state index in [4.69, 9.17) is 19.3 Å². The Balaban J connectivity index is 2.15. The second-order valence-electron chi connectivity index (χ2n) is 7.10. The van der Waals surface area contributed by atoms with Crippen molar-refractivity contribution in [2.24, 2.45) is 5.14 Å². The number of nitrogens with two attached hydrogens (primary N) is 1. The Morgan fingerprint density at radius 2 is 1.70 bits per heavy atom. The van der Waals surface area contributed by atoms with Gasteiger partial charge in [-0.1, -0.05) is 12.1 Å². The van der Waals surface area contributed by atoms with Crippen LogP contribution in [0.25, 0.3) is 16.8 Å². The molecule has 0 aliphatic carbocycles. The normalized spacial score (nSPS) is 12.1. The van der Waals surface area contributed by atoms with Gasteiger partial charge in [0.25, 0.3) is 0 Å². The minimum Gasteiger partial charge on any atom is -0.482 e. The molecule has 1 heterocycles. The SMILES string of the molecule is COC(C)(COc1c(-c2ccc(S(N)(=O)=O)cc2)cnn(-c2ccc(F)c(F)c2)c1=O)OC. The van der Waals surface area contributed by atoms with Crippen LogP contribution in [-0.2, 0) is 19.5 Å². The third-order valence-corrected chi connectivity index (χ3v) is 5.85. The van der Waals surface area contributed by atoms with Crippen molar-refractivity contribution in [1.29, 1.82) is 0 Å². The zero-order chi connectivity index (χ0) is 24.4. The molecule has 0 bridgehead atoms. The van der Waals surface area contributed by atoms with E-state index in [2.05, 4.69) is 5.10 Å². The minimum atomic E-state index is -3.92. The van der Waals surface area contributed by atoms with Crippen molar-refractivity contribution >= 4 is 10.0 Å². The Kier molecular flexibility index (Phi) is 6.93. The molecule has 2 N–H and O–H groups in total. The maximum atomic E-state index is 13.7. The summed E-state index contributed by atoms with van der Waals surface area (Å²) in [5.74, 6) is -3.63. The molecule has 9 nitrogen and oxygen atoms in total. The highest BCUT2D eigenvalue weighted by atomic mass is 32.2. The summed E-state index contributed by atoms with van der Waals surface area (Å²) in [6.45, 7) is 1.38. The molecule has 0 spiro atoms. The molecule has 12 heteroatoms. The Hall–Kier alpha value is -3.19. The van der Waals surface area contributed by atoms with Crippen LogP contribution in [0.5, 0.6) is 5.75 Å². The molecule has 3 aromatic rings. The molecule has 0 amide bonds. The number of sulfonamides is 1. The quantitative estimate of drug-likeness (QED) is 0.490. The maximum Gasteiger partial charge on any atom is 0.314 e. The summed E-state index contributed by atoms with van der Waals surface area (Å²) in [6, 6.07) is 8.27. The van der Waals surface area contributed by atoms with E-state index >= 15 is 0 Å². The summed E-state index contributed by atoms with van der Waals surface area (Å²) < 4.78 is 67.2. The van der Waals surface area contributed by atoms with Crippen LogP contribution in [0.1, 0.15) is 6.92 Å². The number of methoxy groups -OCH3 is 2. The van der Waals surface area contributed by atoms with Gasteiger partial charge < -0.3 is 14.2 Å². The van der Waals surface area contributed by atoms with Crippen molar-refractivity contribution in [3.8, 4) is 22.6 Å². The average molecular weight is 481 g/mol. The molecule has 33 heavy (non-hydrogen) atoms. The maximum absolute atomic E-state index is 13.7. The molecule has 0 unspecified atom stereocenters. The fourth-order valence-corrected chi connectivity index (χ4v) is 3.33. The predicted molar refractivity (Wildman–Crippen MR) is 114 cm³/mol. The monoisotopic (exact) mass is 481 g/mol. The lowest BCUT2D eigenvalue weighted by Crippen LogP contribution is -2.38. The first-order valence-corrected chi connectivity index (χ1v) is 11.0. The lowest BCUT2D eigenvalue weighted by atomic mass is 10.1. The van der Waals surface area contributed by atoms with Crippen molar-refractivity contribution in [3.63, 3.8) is 0 Å². The molecule has 3 rings (SSSR count). The number of nitrogens with zero attached hydrogens (tertiary/aromatic N) is 2. The van der Waals surface area contributed by atoms with Gasteiger partial charge in [0.1, 0.15) is 6.61 Å². The summed E-state index contributed by atoms with van der Waals surface area (Å²) in [6.07, 6.45) is 1.28. The van der Waals surface area contributed by atoms with Crippen LogP contribution in [0.2, 0.25) is 0 Å². The van der Waals surface area contributed by atoms with E-state index in [9.17, 15) is 22.0 Å². The van der Waals surface area contributed by atoms with E-state index in [1.54, 1.807) is 6.92 Å². The number of aromatic nitrogens is 2. The van der Waals surface area contributed by atoms with Crippen molar-refractivity contribution in [2.45, 2.75) is 17.6 Å². The van der Waals surface area contributed by atoms with E-state index in [-0.39, 0.29) is 28.5 Å². The first-order chi connectivity index (χ1) is 15.5. The van der Waals surface area contributed by atoms with Gasteiger partial charge in [-0.05, 0) is 36.8 Å². The Labute approximate surface area is 188 Å². The van der Waals surface area contributed by atoms with E-state index < -0.39 is 33.0 Å². The highest BCUT2D eigenvalue weighted by Gasteiger charge is 2.26. The Morgan fingerprint density at radius 3 is 2.24 bits per heavy atom. The van der Waals surface area contributed by atoms with E-state index in [1.165, 1.54) is 50.7 Å². The number of hydrogen-bond acceptors (Lipinski definition) is 7. The number of primary sulfonamides is 1. The molecular weight excluding hydrogens is 460 g/mol. The summed E-state index contributed by atoms with van der Waals surface area (Å²) in [5.41, 5.74) is -0.185. The van der Waals surface area contributed by atoms with Gasteiger partial charge in [0.15, 0.2) is 23.2 Å². The lowest BCUT2D eigenvalue weighted by molar-refractivity contribution is -0.209. The van der Waals surface area contributed by atoms with Crippen LogP contribution in [-0.4, -0.2) is 44.8 Å². The molecule has 0 atom stereocenters. The molecular formula is C21H21F2N3O6S. The largest absolute Gasteiger partial charge is 0.482 e. The third kappa shape index (κ3) is 5.25. The summed E-state index contributed by atoms with van der Waals surface area (Å²) in [4.78, 5) is 13.1. The first-order valence-electron chi connectivity index (χ1n) is 9.43. The summed E-state index contributed by atoms with van der Waals surface area (Å²) >= 11 is 0. The molecule has 0 radical (unpaired) electrons. The number of benzene rings is 2. The standard InChI is InChI=1S/C21H21F2N3O6S/c1-21(30-2,31-3)12-32-19-16(13-4-7-15(8-5-13)33(24,28)29)11-25-26(20(19)27)14-6-9-17(22)18(23)10-14/h4-11H,12H2,1-3H3,(H2,24,28,29). The highest BCUT2D eigenvalue weighted by Crippen LogP contribution is 2.28. The predicted octanol–water partition coefficient (Wildman–Crippen LogP) is 2.21. The molecule has 1 aromatic heterocycles. The van der Waals surface area contributed by atoms with Gasteiger partial charge in [-0.2, -0.15) is 9.78 Å². The molecule has 0 saturated heterocycles. The van der Waals surface area contributed by atoms with Gasteiger partial charge in [-0.25, -0.2) is 22.3 Å². The van der Waals surface area contributed by atoms with Gasteiger partial charge in [0, 0.05) is 25.8 Å². The van der Waals surface area contributed by atoms with Gasteiger partial charge in [-0.15, -0.1) is 0 Å². The van der Waals surface area contributed by atoms with Crippen LogP contribution in [0.3, 0.4) is 0 Å². The van der Waals surface area contributed by atoms with Crippen molar-refractivity contribution in [1.82, 2.24) is 9.78 Å². The smallest absolute Gasteiger partial charge is 0.314 e. The number of halogens is 2. The fraction of sp³-hybridized carbons (Fsp3) is 0.238. The molecule has 2 aromatic carbocycles. The number of rotatable bonds is 8. The van der Waals surface area contributed by atoms with Crippen molar-refractivity contribution in [2.75, 3.05) is 20.8 Å².